The van der Waals surface area contributed by atoms with Crippen LogP contribution in [0.3, 0.4) is 0 Å². The van der Waals surface area contributed by atoms with Crippen LogP contribution in [-0.2, 0) is 4.74 Å². The molecule has 0 bridgehead atoms. The minimum Gasteiger partial charge on any atom is -0.371 e. The van der Waals surface area contributed by atoms with E-state index in [4.69, 9.17) is 4.74 Å². The van der Waals surface area contributed by atoms with Gasteiger partial charge in [-0.3, -0.25) is 0 Å². The molecule has 0 radical (unpaired) electrons. The van der Waals surface area contributed by atoms with Crippen molar-refractivity contribution in [2.45, 2.75) is 46.2 Å². The lowest BCUT2D eigenvalue weighted by Crippen LogP contribution is -2.38. The van der Waals surface area contributed by atoms with Crippen molar-refractivity contribution in [2.24, 2.45) is 5.41 Å². The standard InChI is InChI=1S/C12H24F3NO/c1-4-7-16-8-11(5-2,6-3)9-17-10-12(13,14)15/h16H,4-10H2,1-3H3. The minimum atomic E-state index is -4.23. The van der Waals surface area contributed by atoms with Crippen molar-refractivity contribution in [2.75, 3.05) is 26.3 Å². The van der Waals surface area contributed by atoms with E-state index in [2.05, 4.69) is 12.2 Å². The van der Waals surface area contributed by atoms with E-state index in [9.17, 15) is 13.2 Å². The smallest absolute Gasteiger partial charge is 0.371 e. The Kier molecular flexibility index (Phi) is 7.79. The van der Waals surface area contributed by atoms with Crippen LogP contribution < -0.4 is 5.32 Å². The van der Waals surface area contributed by atoms with E-state index < -0.39 is 12.8 Å². The molecule has 104 valence electrons. The first-order valence-electron chi connectivity index (χ1n) is 6.24. The third kappa shape index (κ3) is 7.60. The molecule has 0 aliphatic rings. The molecule has 2 nitrogen and oxygen atoms in total. The quantitative estimate of drug-likeness (QED) is 0.638. The summed E-state index contributed by atoms with van der Waals surface area (Å²) in [6.45, 7) is 6.67. The van der Waals surface area contributed by atoms with E-state index in [0.717, 1.165) is 25.8 Å². The zero-order valence-corrected chi connectivity index (χ0v) is 11.0. The van der Waals surface area contributed by atoms with Gasteiger partial charge in [0.15, 0.2) is 0 Å². The lowest BCUT2D eigenvalue weighted by molar-refractivity contribution is -0.181. The number of ether oxygens (including phenoxy) is 1. The van der Waals surface area contributed by atoms with Crippen LogP contribution in [-0.4, -0.2) is 32.5 Å². The summed E-state index contributed by atoms with van der Waals surface area (Å²) < 4.78 is 40.8. The summed E-state index contributed by atoms with van der Waals surface area (Å²) in [5, 5.41) is 3.26. The van der Waals surface area contributed by atoms with Gasteiger partial charge in [0.1, 0.15) is 6.61 Å². The van der Waals surface area contributed by atoms with Crippen LogP contribution in [0.2, 0.25) is 0 Å². The predicted octanol–water partition coefficient (Wildman–Crippen LogP) is 3.37. The molecule has 0 spiro atoms. The zero-order chi connectivity index (χ0) is 13.4. The van der Waals surface area contributed by atoms with Crippen LogP contribution in [0.25, 0.3) is 0 Å². The van der Waals surface area contributed by atoms with Crippen molar-refractivity contribution >= 4 is 0 Å². The molecule has 0 aromatic rings. The first-order chi connectivity index (χ1) is 7.89. The number of nitrogens with one attached hydrogen (secondary N) is 1. The first-order valence-corrected chi connectivity index (χ1v) is 6.24. The first kappa shape index (κ1) is 16.7. The SMILES string of the molecule is CCCNCC(CC)(CC)COCC(F)(F)F. The lowest BCUT2D eigenvalue weighted by atomic mass is 9.83. The highest BCUT2D eigenvalue weighted by atomic mass is 19.4. The summed E-state index contributed by atoms with van der Waals surface area (Å²) in [6.07, 6.45) is -1.58. The molecule has 0 aromatic carbocycles. The van der Waals surface area contributed by atoms with Gasteiger partial charge < -0.3 is 10.1 Å². The molecule has 0 saturated heterocycles. The largest absolute Gasteiger partial charge is 0.411 e. The third-order valence-corrected chi connectivity index (χ3v) is 3.10. The Morgan fingerprint density at radius 2 is 1.59 bits per heavy atom. The van der Waals surface area contributed by atoms with Gasteiger partial charge in [-0.15, -0.1) is 0 Å². The predicted molar refractivity (Wildman–Crippen MR) is 63.0 cm³/mol. The summed E-state index contributed by atoms with van der Waals surface area (Å²) in [4.78, 5) is 0. The Morgan fingerprint density at radius 3 is 2.00 bits per heavy atom. The Morgan fingerprint density at radius 1 is 1.00 bits per heavy atom. The molecule has 0 amide bonds. The zero-order valence-electron chi connectivity index (χ0n) is 11.0. The summed E-state index contributed by atoms with van der Waals surface area (Å²) in [6, 6.07) is 0. The van der Waals surface area contributed by atoms with Gasteiger partial charge in [0.25, 0.3) is 0 Å². The molecular weight excluding hydrogens is 231 g/mol. The topological polar surface area (TPSA) is 21.3 Å². The van der Waals surface area contributed by atoms with Gasteiger partial charge in [-0.05, 0) is 25.8 Å². The number of alkyl halides is 3. The van der Waals surface area contributed by atoms with Crippen LogP contribution >= 0.6 is 0 Å². The van der Waals surface area contributed by atoms with Crippen molar-refractivity contribution in [1.29, 1.82) is 0 Å². The molecule has 0 heterocycles. The van der Waals surface area contributed by atoms with E-state index in [-0.39, 0.29) is 12.0 Å². The summed E-state index contributed by atoms with van der Waals surface area (Å²) in [7, 11) is 0. The second-order valence-electron chi connectivity index (χ2n) is 4.49. The van der Waals surface area contributed by atoms with Gasteiger partial charge >= 0.3 is 6.18 Å². The molecule has 17 heavy (non-hydrogen) atoms. The fourth-order valence-corrected chi connectivity index (χ4v) is 1.67. The van der Waals surface area contributed by atoms with Gasteiger partial charge in [-0.1, -0.05) is 20.8 Å². The highest BCUT2D eigenvalue weighted by molar-refractivity contribution is 4.79. The van der Waals surface area contributed by atoms with E-state index in [1.807, 2.05) is 13.8 Å². The third-order valence-electron chi connectivity index (χ3n) is 3.10. The number of halogens is 3. The van der Waals surface area contributed by atoms with Crippen LogP contribution in [0, 0.1) is 5.41 Å². The molecule has 0 fully saturated rings. The summed E-state index contributed by atoms with van der Waals surface area (Å²) >= 11 is 0. The van der Waals surface area contributed by atoms with Gasteiger partial charge in [-0.25, -0.2) is 0 Å². The molecule has 0 aliphatic carbocycles. The number of hydrogen-bond donors (Lipinski definition) is 1. The second kappa shape index (κ2) is 7.93. The molecule has 0 saturated carbocycles. The molecule has 0 unspecified atom stereocenters. The van der Waals surface area contributed by atoms with Crippen LogP contribution in [0.1, 0.15) is 40.0 Å². The van der Waals surface area contributed by atoms with Gasteiger partial charge in [0.05, 0.1) is 6.61 Å². The van der Waals surface area contributed by atoms with E-state index in [0.29, 0.717) is 6.54 Å². The van der Waals surface area contributed by atoms with Crippen molar-refractivity contribution in [3.63, 3.8) is 0 Å². The van der Waals surface area contributed by atoms with Crippen LogP contribution in [0.15, 0.2) is 0 Å². The molecule has 0 rings (SSSR count). The molecule has 0 aliphatic heterocycles. The average molecular weight is 255 g/mol. The fourth-order valence-electron chi connectivity index (χ4n) is 1.67. The van der Waals surface area contributed by atoms with Gasteiger partial charge in [-0.2, -0.15) is 13.2 Å². The highest BCUT2D eigenvalue weighted by Crippen LogP contribution is 2.27. The van der Waals surface area contributed by atoms with E-state index in [1.165, 1.54) is 0 Å². The Hall–Kier alpha value is -0.290. The molecule has 1 N–H and O–H groups in total. The number of rotatable bonds is 9. The maximum Gasteiger partial charge on any atom is 0.411 e. The maximum absolute atomic E-state index is 12.0. The van der Waals surface area contributed by atoms with E-state index in [1.54, 1.807) is 0 Å². The summed E-state index contributed by atoms with van der Waals surface area (Å²) in [5.74, 6) is 0. The molecule has 0 aromatic heterocycles. The van der Waals surface area contributed by atoms with Gasteiger partial charge in [0, 0.05) is 12.0 Å². The van der Waals surface area contributed by atoms with Crippen molar-refractivity contribution < 1.29 is 17.9 Å². The van der Waals surface area contributed by atoms with Crippen molar-refractivity contribution in [1.82, 2.24) is 5.32 Å². The average Bonchev–Trinajstić information content (AvgIpc) is 2.26. The summed E-state index contributed by atoms with van der Waals surface area (Å²) in [5.41, 5.74) is -0.180. The minimum absolute atomic E-state index is 0.163. The Balaban J connectivity index is 4.11. The van der Waals surface area contributed by atoms with Crippen LogP contribution in [0.5, 0.6) is 0 Å². The van der Waals surface area contributed by atoms with E-state index >= 15 is 0 Å². The molecule has 0 atom stereocenters. The Labute approximate surface area is 102 Å². The van der Waals surface area contributed by atoms with Crippen molar-refractivity contribution in [3.8, 4) is 0 Å². The highest BCUT2D eigenvalue weighted by Gasteiger charge is 2.31. The fraction of sp³-hybridized carbons (Fsp3) is 1.00. The maximum atomic E-state index is 12.0. The second-order valence-corrected chi connectivity index (χ2v) is 4.49. The van der Waals surface area contributed by atoms with Crippen molar-refractivity contribution in [3.05, 3.63) is 0 Å². The molecule has 5 heteroatoms. The Bertz CT molecular complexity index is 191. The monoisotopic (exact) mass is 255 g/mol. The lowest BCUT2D eigenvalue weighted by Gasteiger charge is -2.32. The molecular formula is C12H24F3NO. The van der Waals surface area contributed by atoms with Crippen LogP contribution in [0.4, 0.5) is 13.2 Å². The normalized spacial score (nSPS) is 13.1. The van der Waals surface area contributed by atoms with Gasteiger partial charge in [0.2, 0.25) is 0 Å². The number of hydrogen-bond acceptors (Lipinski definition) is 2.